The molecule has 1 aliphatic rings. The molecule has 0 fully saturated rings. The Balaban J connectivity index is 1.85. The number of rotatable bonds is 6. The van der Waals surface area contributed by atoms with Crippen molar-refractivity contribution in [1.29, 1.82) is 0 Å². The summed E-state index contributed by atoms with van der Waals surface area (Å²) >= 11 is 0. The van der Waals surface area contributed by atoms with Gasteiger partial charge < -0.3 is 4.90 Å². The average molecular weight is 484 g/mol. The van der Waals surface area contributed by atoms with Crippen molar-refractivity contribution in [1.82, 2.24) is 0 Å². The van der Waals surface area contributed by atoms with Gasteiger partial charge in [-0.25, -0.2) is 0 Å². The van der Waals surface area contributed by atoms with Gasteiger partial charge in [0.05, 0.1) is 0 Å². The van der Waals surface area contributed by atoms with E-state index in [0.717, 1.165) is 5.56 Å². The van der Waals surface area contributed by atoms with E-state index in [4.69, 9.17) is 0 Å². The van der Waals surface area contributed by atoms with Crippen LogP contribution in [0.25, 0.3) is 27.6 Å². The summed E-state index contributed by atoms with van der Waals surface area (Å²) in [5, 5.41) is 3.00. The molecular formula is C34H33NSi. The fourth-order valence-corrected chi connectivity index (χ4v) is 9.32. The Labute approximate surface area is 216 Å². The van der Waals surface area contributed by atoms with E-state index >= 15 is 0 Å². The van der Waals surface area contributed by atoms with Crippen LogP contribution in [0.4, 0.5) is 5.69 Å². The molecule has 0 unspecified atom stereocenters. The molecule has 0 saturated heterocycles. The Hall–Kier alpha value is -3.88. The van der Waals surface area contributed by atoms with Crippen LogP contribution in [0.5, 0.6) is 0 Å². The van der Waals surface area contributed by atoms with Gasteiger partial charge in [0.25, 0.3) is 0 Å². The Morgan fingerprint density at radius 3 is 1.36 bits per heavy atom. The molecule has 0 radical (unpaired) electrons. The molecule has 4 aromatic carbocycles. The van der Waals surface area contributed by atoms with Crippen LogP contribution in [0.2, 0.25) is 13.1 Å². The first-order valence-corrected chi connectivity index (χ1v) is 15.5. The molecule has 1 nitrogen and oxygen atoms in total. The zero-order chi connectivity index (χ0) is 25.3. The third-order valence-corrected chi connectivity index (χ3v) is 10.8. The summed E-state index contributed by atoms with van der Waals surface area (Å²) in [6.45, 7) is 8.98. The minimum atomic E-state index is -2.12. The molecule has 0 aromatic heterocycles. The highest BCUT2D eigenvalue weighted by Crippen LogP contribution is 2.55. The van der Waals surface area contributed by atoms with Gasteiger partial charge in [0.15, 0.2) is 0 Å². The lowest BCUT2D eigenvalue weighted by Crippen LogP contribution is -2.28. The minimum absolute atomic E-state index is 1.15. The lowest BCUT2D eigenvalue weighted by atomic mass is 9.89. The van der Waals surface area contributed by atoms with Gasteiger partial charge in [-0.05, 0) is 61.5 Å². The van der Waals surface area contributed by atoms with Crippen LogP contribution in [0.1, 0.15) is 27.8 Å². The Morgan fingerprint density at radius 1 is 0.556 bits per heavy atom. The van der Waals surface area contributed by atoms with E-state index in [-0.39, 0.29) is 0 Å². The second kappa shape index (κ2) is 9.64. The molecule has 1 heterocycles. The van der Waals surface area contributed by atoms with Crippen molar-refractivity contribution in [2.75, 3.05) is 19.0 Å². The van der Waals surface area contributed by atoms with Crippen molar-refractivity contribution in [3.63, 3.8) is 0 Å². The third-order valence-electron chi connectivity index (χ3n) is 7.23. The lowest BCUT2D eigenvalue weighted by molar-refractivity contribution is 1.13. The Kier molecular flexibility index (Phi) is 6.38. The second-order valence-corrected chi connectivity index (χ2v) is 14.4. The molecular weight excluding hydrogens is 450 g/mol. The van der Waals surface area contributed by atoms with Crippen LogP contribution in [0, 0.1) is 0 Å². The average Bonchev–Trinajstić information content (AvgIpc) is 3.16. The molecule has 0 bridgehead atoms. The van der Waals surface area contributed by atoms with E-state index in [9.17, 15) is 0 Å². The van der Waals surface area contributed by atoms with E-state index < -0.39 is 8.07 Å². The van der Waals surface area contributed by atoms with Gasteiger partial charge in [0.2, 0.25) is 0 Å². The third kappa shape index (κ3) is 4.18. The molecule has 5 rings (SSSR count). The van der Waals surface area contributed by atoms with Crippen LogP contribution < -0.4 is 4.90 Å². The van der Waals surface area contributed by atoms with Gasteiger partial charge in [0.1, 0.15) is 8.07 Å². The van der Waals surface area contributed by atoms with Crippen LogP contribution >= 0.6 is 0 Å². The SMILES string of the molecule is C=Cc1ccc(C2=C(c3ccccc3)C(c3ccccc3)=C(c3ccc(N(C)C)cc3)[Si]2(C)C)cc1. The molecule has 0 saturated carbocycles. The summed E-state index contributed by atoms with van der Waals surface area (Å²) in [5.74, 6) is 0. The fraction of sp³-hybridized carbons (Fsp3) is 0.118. The largest absolute Gasteiger partial charge is 0.378 e. The van der Waals surface area contributed by atoms with Crippen molar-refractivity contribution in [3.8, 4) is 0 Å². The molecule has 0 spiro atoms. The highest BCUT2D eigenvalue weighted by molar-refractivity contribution is 7.13. The molecule has 2 heteroatoms. The van der Waals surface area contributed by atoms with Gasteiger partial charge in [-0.2, -0.15) is 0 Å². The van der Waals surface area contributed by atoms with Crippen LogP contribution in [0.3, 0.4) is 0 Å². The van der Waals surface area contributed by atoms with E-state index in [0.29, 0.717) is 0 Å². The number of benzene rings is 4. The first kappa shape index (κ1) is 23.8. The summed E-state index contributed by atoms with van der Waals surface area (Å²) in [7, 11) is 2.07. The van der Waals surface area contributed by atoms with Crippen LogP contribution in [-0.2, 0) is 0 Å². The first-order valence-electron chi connectivity index (χ1n) is 12.5. The summed E-state index contributed by atoms with van der Waals surface area (Å²) in [4.78, 5) is 2.16. The van der Waals surface area contributed by atoms with Gasteiger partial charge >= 0.3 is 0 Å². The zero-order valence-corrected chi connectivity index (χ0v) is 22.6. The summed E-state index contributed by atoms with van der Waals surface area (Å²) in [6, 6.07) is 39.9. The monoisotopic (exact) mass is 483 g/mol. The van der Waals surface area contributed by atoms with E-state index in [1.165, 1.54) is 49.5 Å². The van der Waals surface area contributed by atoms with Gasteiger partial charge in [-0.1, -0.05) is 123 Å². The molecule has 0 atom stereocenters. The van der Waals surface area contributed by atoms with Crippen LogP contribution in [0.15, 0.2) is 116 Å². The molecule has 178 valence electrons. The molecule has 0 aliphatic carbocycles. The fourth-order valence-electron chi connectivity index (χ4n) is 5.51. The molecule has 4 aromatic rings. The maximum atomic E-state index is 3.96. The highest BCUT2D eigenvalue weighted by atomic mass is 28.3. The Bertz CT molecular complexity index is 1440. The molecule has 36 heavy (non-hydrogen) atoms. The highest BCUT2D eigenvalue weighted by Gasteiger charge is 2.43. The number of anilines is 1. The summed E-state index contributed by atoms with van der Waals surface area (Å²) in [5.41, 5.74) is 10.3. The summed E-state index contributed by atoms with van der Waals surface area (Å²) in [6.07, 6.45) is 1.92. The maximum Gasteiger partial charge on any atom is 0.115 e. The van der Waals surface area contributed by atoms with Gasteiger partial charge in [0, 0.05) is 19.8 Å². The summed E-state index contributed by atoms with van der Waals surface area (Å²) < 4.78 is 0. The maximum absolute atomic E-state index is 3.96. The minimum Gasteiger partial charge on any atom is -0.378 e. The van der Waals surface area contributed by atoms with E-state index in [2.05, 4.69) is 148 Å². The predicted molar refractivity (Wildman–Crippen MR) is 161 cm³/mol. The topological polar surface area (TPSA) is 3.24 Å². The van der Waals surface area contributed by atoms with E-state index in [1.54, 1.807) is 0 Å². The number of nitrogens with zero attached hydrogens (tertiary/aromatic N) is 1. The van der Waals surface area contributed by atoms with Crippen molar-refractivity contribution in [2.24, 2.45) is 0 Å². The number of hydrogen-bond donors (Lipinski definition) is 0. The standard InChI is InChI=1S/C34H33NSi/c1-6-25-17-19-28(20-18-25)33-31(26-13-9-7-10-14-26)32(27-15-11-8-12-16-27)34(36(33,4)5)29-21-23-30(24-22-29)35(2)3/h6-24H,1H2,2-5H3. The second-order valence-electron chi connectivity index (χ2n) is 10.1. The smallest absolute Gasteiger partial charge is 0.115 e. The van der Waals surface area contributed by atoms with Crippen molar-refractivity contribution < 1.29 is 0 Å². The number of allylic oxidation sites excluding steroid dienone is 2. The van der Waals surface area contributed by atoms with Crippen molar-refractivity contribution in [3.05, 3.63) is 144 Å². The Morgan fingerprint density at radius 2 is 0.972 bits per heavy atom. The molecule has 1 aliphatic heterocycles. The normalized spacial score (nSPS) is 14.8. The first-order chi connectivity index (χ1) is 17.4. The van der Waals surface area contributed by atoms with Gasteiger partial charge in [-0.3, -0.25) is 0 Å². The number of hydrogen-bond acceptors (Lipinski definition) is 1. The van der Waals surface area contributed by atoms with Gasteiger partial charge in [-0.15, -0.1) is 0 Å². The molecule has 0 N–H and O–H groups in total. The predicted octanol–water partition coefficient (Wildman–Crippen LogP) is 8.72. The van der Waals surface area contributed by atoms with E-state index in [1.807, 2.05) is 6.08 Å². The quantitative estimate of drug-likeness (QED) is 0.248. The zero-order valence-electron chi connectivity index (χ0n) is 21.6. The van der Waals surface area contributed by atoms with Crippen molar-refractivity contribution >= 4 is 41.4 Å². The molecule has 0 amide bonds. The van der Waals surface area contributed by atoms with Crippen molar-refractivity contribution in [2.45, 2.75) is 13.1 Å². The lowest BCUT2D eigenvalue weighted by Gasteiger charge is -2.27. The van der Waals surface area contributed by atoms with Crippen LogP contribution in [-0.4, -0.2) is 22.2 Å².